The van der Waals surface area contributed by atoms with Crippen LogP contribution in [-0.2, 0) is 35.2 Å². The standard InChI is InChI=1S/C31H50N6O7/c1-17(2)13-23(29(41)34-20(7)27(39)33-16-25(38)37-26(19(5)6)31(43)44)36-30(42)24(14-18(3)4)35-28(40)22(32)15-21-11-9-8-10-12-21/h8-12,17-20,22-24,26H,13-16,32H2,1-7H3,(H,33,39)(H,34,41)(H,35,40)(H,36,42)(H,37,38)(H,43,44)/t20-,22-,23-,24-,26-/m0/s1. The Balaban J connectivity index is 2.85. The summed E-state index contributed by atoms with van der Waals surface area (Å²) in [6, 6.07) is 4.28. The van der Waals surface area contributed by atoms with Crippen molar-refractivity contribution in [2.45, 2.75) is 97.9 Å². The molecule has 13 nitrogen and oxygen atoms in total. The maximum Gasteiger partial charge on any atom is 0.326 e. The van der Waals surface area contributed by atoms with E-state index in [9.17, 15) is 33.9 Å². The second-order valence-corrected chi connectivity index (χ2v) is 12.3. The van der Waals surface area contributed by atoms with Gasteiger partial charge in [-0.3, -0.25) is 24.0 Å². The van der Waals surface area contributed by atoms with E-state index in [1.165, 1.54) is 6.92 Å². The summed E-state index contributed by atoms with van der Waals surface area (Å²) < 4.78 is 0. The number of hydrogen-bond acceptors (Lipinski definition) is 7. The molecule has 0 aliphatic heterocycles. The zero-order chi connectivity index (χ0) is 33.6. The van der Waals surface area contributed by atoms with Gasteiger partial charge in [0.1, 0.15) is 24.2 Å². The van der Waals surface area contributed by atoms with Crippen molar-refractivity contribution < 1.29 is 33.9 Å². The number of nitrogens with one attached hydrogen (secondary N) is 5. The van der Waals surface area contributed by atoms with Gasteiger partial charge >= 0.3 is 5.97 Å². The van der Waals surface area contributed by atoms with Crippen LogP contribution in [0.2, 0.25) is 0 Å². The lowest BCUT2D eigenvalue weighted by molar-refractivity contribution is -0.143. The van der Waals surface area contributed by atoms with Gasteiger partial charge in [0.25, 0.3) is 0 Å². The highest BCUT2D eigenvalue weighted by molar-refractivity contribution is 5.95. The summed E-state index contributed by atoms with van der Waals surface area (Å²) in [5, 5.41) is 22.0. The highest BCUT2D eigenvalue weighted by Crippen LogP contribution is 2.10. The maximum absolute atomic E-state index is 13.4. The average Bonchev–Trinajstić information content (AvgIpc) is 2.93. The highest BCUT2D eigenvalue weighted by Gasteiger charge is 2.31. The Bertz CT molecular complexity index is 1130. The molecular formula is C31H50N6O7. The van der Waals surface area contributed by atoms with E-state index in [0.29, 0.717) is 12.8 Å². The van der Waals surface area contributed by atoms with E-state index < -0.39 is 72.3 Å². The lowest BCUT2D eigenvalue weighted by atomic mass is 9.99. The third-order valence-corrected chi connectivity index (χ3v) is 6.74. The van der Waals surface area contributed by atoms with Gasteiger partial charge in [-0.15, -0.1) is 0 Å². The predicted octanol–water partition coefficient (Wildman–Crippen LogP) is 0.465. The van der Waals surface area contributed by atoms with Crippen LogP contribution in [0.3, 0.4) is 0 Å². The smallest absolute Gasteiger partial charge is 0.326 e. The summed E-state index contributed by atoms with van der Waals surface area (Å²) in [5.41, 5.74) is 7.01. The van der Waals surface area contributed by atoms with Crippen LogP contribution in [0.5, 0.6) is 0 Å². The Kier molecular flexibility index (Phi) is 16.1. The Morgan fingerprint density at radius 2 is 1.20 bits per heavy atom. The van der Waals surface area contributed by atoms with Crippen LogP contribution in [0.25, 0.3) is 0 Å². The number of benzene rings is 1. The first kappa shape index (κ1) is 38.0. The van der Waals surface area contributed by atoms with E-state index in [4.69, 9.17) is 5.73 Å². The van der Waals surface area contributed by atoms with Crippen LogP contribution in [0, 0.1) is 17.8 Å². The van der Waals surface area contributed by atoms with Crippen LogP contribution >= 0.6 is 0 Å². The second kappa shape index (κ2) is 18.6. The minimum Gasteiger partial charge on any atom is -0.480 e. The molecule has 1 rings (SSSR count). The second-order valence-electron chi connectivity index (χ2n) is 12.3. The minimum atomic E-state index is -1.19. The van der Waals surface area contributed by atoms with Crippen LogP contribution in [-0.4, -0.2) is 77.4 Å². The number of carboxylic acids is 1. The fourth-order valence-electron chi connectivity index (χ4n) is 4.36. The van der Waals surface area contributed by atoms with E-state index in [0.717, 1.165) is 5.56 Å². The number of carbonyl (C=O) groups is 6. The fourth-order valence-corrected chi connectivity index (χ4v) is 4.36. The minimum absolute atomic E-state index is 0.000508. The van der Waals surface area contributed by atoms with E-state index in [1.54, 1.807) is 13.8 Å². The SMILES string of the molecule is CC(C)C[C@H](NC(=O)[C@H](CC(C)C)NC(=O)[C@@H](N)Cc1ccccc1)C(=O)N[C@@H](C)C(=O)NCC(=O)N[C@H](C(=O)O)C(C)C. The van der Waals surface area contributed by atoms with E-state index in [2.05, 4.69) is 26.6 Å². The maximum atomic E-state index is 13.4. The van der Waals surface area contributed by atoms with Gasteiger partial charge in [0.15, 0.2) is 0 Å². The molecule has 44 heavy (non-hydrogen) atoms. The molecule has 246 valence electrons. The number of hydrogen-bond donors (Lipinski definition) is 7. The van der Waals surface area contributed by atoms with Crippen molar-refractivity contribution in [1.29, 1.82) is 0 Å². The first-order valence-electron chi connectivity index (χ1n) is 15.0. The summed E-state index contributed by atoms with van der Waals surface area (Å²) in [5.74, 6) is -4.52. The Morgan fingerprint density at radius 3 is 1.68 bits per heavy atom. The van der Waals surface area contributed by atoms with Crippen LogP contribution < -0.4 is 32.3 Å². The zero-order valence-corrected chi connectivity index (χ0v) is 26.8. The normalized spacial score (nSPS) is 14.6. The molecule has 0 aliphatic rings. The quantitative estimate of drug-likeness (QED) is 0.123. The topological polar surface area (TPSA) is 209 Å². The van der Waals surface area contributed by atoms with Crippen molar-refractivity contribution in [1.82, 2.24) is 26.6 Å². The van der Waals surface area contributed by atoms with Crippen LogP contribution in [0.15, 0.2) is 30.3 Å². The molecule has 1 aromatic carbocycles. The molecule has 0 saturated carbocycles. The number of carbonyl (C=O) groups excluding carboxylic acids is 5. The number of nitrogens with two attached hydrogens (primary N) is 1. The molecule has 0 saturated heterocycles. The summed E-state index contributed by atoms with van der Waals surface area (Å²) >= 11 is 0. The van der Waals surface area contributed by atoms with Crippen molar-refractivity contribution in [3.63, 3.8) is 0 Å². The molecule has 13 heteroatoms. The monoisotopic (exact) mass is 618 g/mol. The van der Waals surface area contributed by atoms with Gasteiger partial charge in [0.2, 0.25) is 29.5 Å². The molecule has 0 unspecified atom stereocenters. The molecule has 0 aromatic heterocycles. The Labute approximate surface area is 259 Å². The summed E-state index contributed by atoms with van der Waals surface area (Å²) in [6.45, 7) is 11.8. The molecule has 0 fully saturated rings. The van der Waals surface area contributed by atoms with Gasteiger partial charge in [-0.25, -0.2) is 4.79 Å². The van der Waals surface area contributed by atoms with Gasteiger partial charge in [0, 0.05) is 0 Å². The molecule has 8 N–H and O–H groups in total. The van der Waals surface area contributed by atoms with Crippen molar-refractivity contribution in [3.8, 4) is 0 Å². The number of aliphatic carboxylic acids is 1. The van der Waals surface area contributed by atoms with Crippen LogP contribution in [0.1, 0.15) is 66.9 Å². The van der Waals surface area contributed by atoms with E-state index in [1.807, 2.05) is 58.0 Å². The lowest BCUT2D eigenvalue weighted by Gasteiger charge is -2.26. The molecule has 5 atom stereocenters. The molecule has 0 bridgehead atoms. The predicted molar refractivity (Wildman–Crippen MR) is 166 cm³/mol. The fraction of sp³-hybridized carbons (Fsp3) is 0.613. The number of amides is 5. The average molecular weight is 619 g/mol. The summed E-state index contributed by atoms with van der Waals surface area (Å²) in [4.78, 5) is 75.5. The van der Waals surface area contributed by atoms with Crippen LogP contribution in [0.4, 0.5) is 0 Å². The molecule has 5 amide bonds. The summed E-state index contributed by atoms with van der Waals surface area (Å²) in [6.07, 6.45) is 0.864. The highest BCUT2D eigenvalue weighted by atomic mass is 16.4. The molecular weight excluding hydrogens is 568 g/mol. The van der Waals surface area contributed by atoms with Gasteiger partial charge in [-0.05, 0) is 49.5 Å². The van der Waals surface area contributed by atoms with Crippen molar-refractivity contribution in [2.24, 2.45) is 23.5 Å². The number of rotatable bonds is 18. The molecule has 0 heterocycles. The Morgan fingerprint density at radius 1 is 0.705 bits per heavy atom. The third kappa shape index (κ3) is 14.0. The first-order valence-corrected chi connectivity index (χ1v) is 15.0. The van der Waals surface area contributed by atoms with Crippen molar-refractivity contribution in [3.05, 3.63) is 35.9 Å². The lowest BCUT2D eigenvalue weighted by Crippen LogP contribution is -2.58. The first-order chi connectivity index (χ1) is 20.5. The van der Waals surface area contributed by atoms with Crippen molar-refractivity contribution >= 4 is 35.5 Å². The molecule has 1 aromatic rings. The van der Waals surface area contributed by atoms with Gasteiger partial charge < -0.3 is 37.4 Å². The molecule has 0 aliphatic carbocycles. The van der Waals surface area contributed by atoms with Crippen molar-refractivity contribution in [2.75, 3.05) is 6.54 Å². The summed E-state index contributed by atoms with van der Waals surface area (Å²) in [7, 11) is 0. The van der Waals surface area contributed by atoms with E-state index in [-0.39, 0.29) is 24.2 Å². The third-order valence-electron chi connectivity index (χ3n) is 6.74. The largest absolute Gasteiger partial charge is 0.480 e. The zero-order valence-electron chi connectivity index (χ0n) is 26.8. The van der Waals surface area contributed by atoms with Gasteiger partial charge in [-0.2, -0.15) is 0 Å². The van der Waals surface area contributed by atoms with E-state index >= 15 is 0 Å². The Hall–Kier alpha value is -4.00. The molecule has 0 spiro atoms. The van der Waals surface area contributed by atoms with Gasteiger partial charge in [-0.1, -0.05) is 71.9 Å². The van der Waals surface area contributed by atoms with Gasteiger partial charge in [0.05, 0.1) is 12.6 Å². The molecule has 0 radical (unpaired) electrons. The number of carboxylic acid groups (broad SMARTS) is 1.